The Hall–Kier alpha value is -5.74. The molecule has 3 N–H and O–H groups in total. The van der Waals surface area contributed by atoms with E-state index in [-0.39, 0.29) is 12.0 Å². The summed E-state index contributed by atoms with van der Waals surface area (Å²) in [5.41, 5.74) is 10.4. The molecule has 3 aliphatic rings. The normalized spacial score (nSPS) is 20.2. The minimum Gasteiger partial charge on any atom is -0.481 e. The summed E-state index contributed by atoms with van der Waals surface area (Å²) in [6, 6.07) is 20.7. The number of anilines is 2. The Morgan fingerprint density at radius 3 is 2.42 bits per heavy atom. The first-order valence-corrected chi connectivity index (χ1v) is 18.9. The molecule has 278 valence electrons. The largest absolute Gasteiger partial charge is 0.481 e. The molecule has 12 nitrogen and oxygen atoms in total. The van der Waals surface area contributed by atoms with E-state index >= 15 is 0 Å². The molecule has 2 atom stereocenters. The summed E-state index contributed by atoms with van der Waals surface area (Å²) in [6.07, 6.45) is 4.81. The van der Waals surface area contributed by atoms with Crippen molar-refractivity contribution in [2.45, 2.75) is 71.2 Å². The van der Waals surface area contributed by atoms with E-state index in [2.05, 4.69) is 53.2 Å². The Balaban J connectivity index is 0.983. The second-order valence-corrected chi connectivity index (χ2v) is 15.5. The van der Waals surface area contributed by atoms with Crippen molar-refractivity contribution in [2.24, 2.45) is 5.92 Å². The number of aromatic nitrogens is 4. The lowest BCUT2D eigenvalue weighted by Crippen LogP contribution is -2.35. The summed E-state index contributed by atoms with van der Waals surface area (Å²) in [5, 5.41) is 33.5. The Labute approximate surface area is 318 Å². The average molecular weight is 735 g/mol. The zero-order valence-corrected chi connectivity index (χ0v) is 31.1. The van der Waals surface area contributed by atoms with Gasteiger partial charge in [0.1, 0.15) is 22.9 Å². The lowest BCUT2D eigenvalue weighted by atomic mass is 9.93. The number of aliphatic carboxylic acids is 1. The van der Waals surface area contributed by atoms with Crippen molar-refractivity contribution in [3.63, 3.8) is 0 Å². The highest BCUT2D eigenvalue weighted by Crippen LogP contribution is 2.49. The maximum Gasteiger partial charge on any atom is 0.306 e. The number of nitriles is 1. The quantitative estimate of drug-likeness (QED) is 0.139. The molecule has 0 radical (unpaired) electrons. The standard InChI is InChI=1S/C43H42N8O4/c1-24-31(6-4-8-33(24)41-49-36-17-27(16-30(20-44)39(36)55-41)22-50-13-10-29(11-14-50)42(52)53)32-7-5-9-34(25(32)2)48-40-38-35(46-26(3)47-40)18-28(21-45-38)23-51-15-12-43(54)19-37(43)51/h4-9,16-18,21,29,37,54H,10-15,19,22-23H2,1-3H3,(H,52,53)(H,46,47,48)/t37?,43-/m0/s1. The average Bonchev–Trinajstić information content (AvgIpc) is 3.49. The van der Waals surface area contributed by atoms with Crippen LogP contribution in [0.4, 0.5) is 11.5 Å². The molecule has 0 spiro atoms. The van der Waals surface area contributed by atoms with Gasteiger partial charge in [-0.05, 0) is 123 Å². The van der Waals surface area contributed by atoms with E-state index in [0.29, 0.717) is 72.2 Å². The Morgan fingerprint density at radius 2 is 1.69 bits per heavy atom. The maximum absolute atomic E-state index is 11.4. The molecule has 1 saturated carbocycles. The molecule has 1 unspecified atom stereocenters. The monoisotopic (exact) mass is 734 g/mol. The first-order chi connectivity index (χ1) is 26.6. The fourth-order valence-corrected chi connectivity index (χ4v) is 8.61. The third-order valence-corrected chi connectivity index (χ3v) is 11.8. The molecule has 6 aromatic rings. The van der Waals surface area contributed by atoms with Crippen LogP contribution in [0.15, 0.2) is 65.2 Å². The number of carbonyl (C=O) groups is 1. The van der Waals surface area contributed by atoms with Crippen LogP contribution in [0.25, 0.3) is 44.7 Å². The van der Waals surface area contributed by atoms with E-state index in [9.17, 15) is 20.3 Å². The minimum absolute atomic E-state index is 0.250. The van der Waals surface area contributed by atoms with Crippen molar-refractivity contribution in [1.29, 1.82) is 5.26 Å². The van der Waals surface area contributed by atoms with Crippen molar-refractivity contribution in [1.82, 2.24) is 29.7 Å². The number of aliphatic hydroxyl groups is 1. The third kappa shape index (κ3) is 6.48. The number of likely N-dealkylation sites (tertiary alicyclic amines) is 2. The molecule has 0 bridgehead atoms. The Bertz CT molecular complexity index is 2550. The number of piperidine rings is 2. The van der Waals surface area contributed by atoms with Crippen LogP contribution in [0.2, 0.25) is 0 Å². The number of fused-ring (bicyclic) bond motifs is 3. The fraction of sp³-hybridized carbons (Fsp3) is 0.349. The van der Waals surface area contributed by atoms with E-state index in [0.717, 1.165) is 76.1 Å². The van der Waals surface area contributed by atoms with Crippen molar-refractivity contribution >= 4 is 39.6 Å². The number of aryl methyl sites for hydroxylation is 1. The highest BCUT2D eigenvalue weighted by Gasteiger charge is 2.60. The van der Waals surface area contributed by atoms with E-state index < -0.39 is 11.6 Å². The number of carboxylic acids is 1. The second kappa shape index (κ2) is 13.5. The summed E-state index contributed by atoms with van der Waals surface area (Å²) in [5.74, 6) is 0.709. The minimum atomic E-state index is -0.730. The first-order valence-electron chi connectivity index (χ1n) is 18.9. The van der Waals surface area contributed by atoms with Gasteiger partial charge in [0, 0.05) is 43.1 Å². The fourth-order valence-electron chi connectivity index (χ4n) is 8.61. The molecule has 0 amide bonds. The van der Waals surface area contributed by atoms with Gasteiger partial charge in [0.25, 0.3) is 0 Å². The number of hydrogen-bond acceptors (Lipinski definition) is 11. The van der Waals surface area contributed by atoms with E-state index in [1.165, 1.54) is 0 Å². The van der Waals surface area contributed by atoms with Crippen molar-refractivity contribution in [3.05, 3.63) is 94.4 Å². The molecule has 3 fully saturated rings. The van der Waals surface area contributed by atoms with Crippen LogP contribution in [-0.2, 0) is 17.9 Å². The second-order valence-electron chi connectivity index (χ2n) is 15.5. The van der Waals surface area contributed by atoms with Gasteiger partial charge in [0.15, 0.2) is 11.4 Å². The molecule has 55 heavy (non-hydrogen) atoms. The van der Waals surface area contributed by atoms with E-state index in [4.69, 9.17) is 24.4 Å². The SMILES string of the molecule is Cc1nc(Nc2cccc(-c3cccc(-c4nc5cc(CN6CCC(C(=O)O)CC6)cc(C#N)c5o4)c3C)c2C)c2ncc(CN3CC[C@]4(O)CC34)cc2n1. The molecular formula is C43H42N8O4. The predicted octanol–water partition coefficient (Wildman–Crippen LogP) is 7.05. The zero-order valence-electron chi connectivity index (χ0n) is 31.1. The number of benzene rings is 3. The number of nitrogens with zero attached hydrogens (tertiary/aromatic N) is 7. The lowest BCUT2D eigenvalue weighted by molar-refractivity contribution is -0.143. The number of carboxylic acid groups (broad SMARTS) is 1. The maximum atomic E-state index is 11.4. The summed E-state index contributed by atoms with van der Waals surface area (Å²) in [6.45, 7) is 9.68. The van der Waals surface area contributed by atoms with Gasteiger partial charge in [0.2, 0.25) is 5.89 Å². The molecule has 3 aromatic carbocycles. The van der Waals surface area contributed by atoms with E-state index in [1.807, 2.05) is 49.5 Å². The van der Waals surface area contributed by atoms with Crippen LogP contribution in [0, 0.1) is 38.0 Å². The number of hydrogen-bond donors (Lipinski definition) is 3. The molecule has 1 aliphatic carbocycles. The Kier molecular flexibility index (Phi) is 8.61. The van der Waals surface area contributed by atoms with Gasteiger partial charge in [-0.2, -0.15) is 5.26 Å². The summed E-state index contributed by atoms with van der Waals surface area (Å²) >= 11 is 0. The summed E-state index contributed by atoms with van der Waals surface area (Å²) < 4.78 is 6.32. The smallest absolute Gasteiger partial charge is 0.306 e. The van der Waals surface area contributed by atoms with Crippen LogP contribution >= 0.6 is 0 Å². The number of oxazole rings is 1. The van der Waals surface area contributed by atoms with Gasteiger partial charge in [0.05, 0.1) is 22.6 Å². The topological polar surface area (TPSA) is 165 Å². The highest BCUT2D eigenvalue weighted by atomic mass is 16.4. The van der Waals surface area contributed by atoms with Crippen LogP contribution in [0.5, 0.6) is 0 Å². The molecule has 5 heterocycles. The number of rotatable bonds is 9. The molecule has 3 aromatic heterocycles. The van der Waals surface area contributed by atoms with E-state index in [1.54, 1.807) is 0 Å². The summed E-state index contributed by atoms with van der Waals surface area (Å²) in [4.78, 5) is 35.2. The van der Waals surface area contributed by atoms with Crippen LogP contribution < -0.4 is 5.32 Å². The van der Waals surface area contributed by atoms with Crippen LogP contribution in [-0.4, -0.2) is 77.2 Å². The van der Waals surface area contributed by atoms with Gasteiger partial charge in [-0.15, -0.1) is 0 Å². The van der Waals surface area contributed by atoms with Crippen molar-refractivity contribution < 1.29 is 19.4 Å². The van der Waals surface area contributed by atoms with Gasteiger partial charge >= 0.3 is 5.97 Å². The van der Waals surface area contributed by atoms with Crippen molar-refractivity contribution in [2.75, 3.05) is 25.0 Å². The van der Waals surface area contributed by atoms with Crippen molar-refractivity contribution in [3.8, 4) is 28.7 Å². The first kappa shape index (κ1) is 35.0. The molecule has 12 heteroatoms. The number of pyridine rings is 1. The molecular weight excluding hydrogens is 693 g/mol. The van der Waals surface area contributed by atoms with Crippen LogP contribution in [0.1, 0.15) is 59.3 Å². The van der Waals surface area contributed by atoms with Crippen LogP contribution in [0.3, 0.4) is 0 Å². The predicted molar refractivity (Wildman–Crippen MR) is 208 cm³/mol. The van der Waals surface area contributed by atoms with Gasteiger partial charge < -0.3 is 19.9 Å². The summed E-state index contributed by atoms with van der Waals surface area (Å²) in [7, 11) is 0. The molecule has 2 saturated heterocycles. The van der Waals surface area contributed by atoms with Gasteiger partial charge in [-0.1, -0.05) is 24.3 Å². The highest BCUT2D eigenvalue weighted by molar-refractivity contribution is 5.90. The zero-order chi connectivity index (χ0) is 38.0. The van der Waals surface area contributed by atoms with Gasteiger partial charge in [-0.3, -0.25) is 19.6 Å². The molecule has 9 rings (SSSR count). The van der Waals surface area contributed by atoms with Gasteiger partial charge in [-0.25, -0.2) is 15.0 Å². The lowest BCUT2D eigenvalue weighted by Gasteiger charge is -2.30. The number of nitrogens with one attached hydrogen (secondary N) is 1. The molecule has 2 aliphatic heterocycles. The third-order valence-electron chi connectivity index (χ3n) is 11.8. The Morgan fingerprint density at radius 1 is 0.945 bits per heavy atom.